The van der Waals surface area contributed by atoms with Crippen LogP contribution in [0.4, 0.5) is 5.82 Å². The summed E-state index contributed by atoms with van der Waals surface area (Å²) in [6, 6.07) is 3.36. The van der Waals surface area contributed by atoms with Crippen molar-refractivity contribution < 1.29 is 4.79 Å². The van der Waals surface area contributed by atoms with Gasteiger partial charge < -0.3 is 11.1 Å². The molecule has 0 aliphatic heterocycles. The Morgan fingerprint density at radius 3 is 2.76 bits per heavy atom. The minimum absolute atomic E-state index is 0.157. The summed E-state index contributed by atoms with van der Waals surface area (Å²) in [5.74, 6) is 0.426. The van der Waals surface area contributed by atoms with E-state index in [-0.39, 0.29) is 5.91 Å². The molecule has 0 aliphatic carbocycles. The maximum absolute atomic E-state index is 11.8. The van der Waals surface area contributed by atoms with Gasteiger partial charge in [-0.25, -0.2) is 4.98 Å². The van der Waals surface area contributed by atoms with Crippen molar-refractivity contribution in [2.75, 3.05) is 5.32 Å². The summed E-state index contributed by atoms with van der Waals surface area (Å²) in [4.78, 5) is 16.0. The van der Waals surface area contributed by atoms with Crippen LogP contribution >= 0.6 is 0 Å². The molecule has 17 heavy (non-hydrogen) atoms. The van der Waals surface area contributed by atoms with E-state index in [1.165, 1.54) is 0 Å². The van der Waals surface area contributed by atoms with E-state index >= 15 is 0 Å². The van der Waals surface area contributed by atoms with Crippen molar-refractivity contribution in [3.8, 4) is 0 Å². The summed E-state index contributed by atoms with van der Waals surface area (Å²) in [5, 5.41) is 2.76. The second-order valence-electron chi connectivity index (χ2n) is 4.41. The van der Waals surface area contributed by atoms with E-state index in [2.05, 4.69) is 17.2 Å². The van der Waals surface area contributed by atoms with Crippen molar-refractivity contribution in [2.24, 2.45) is 5.73 Å². The van der Waals surface area contributed by atoms with Crippen molar-refractivity contribution in [3.05, 3.63) is 23.4 Å². The molecule has 94 valence electrons. The number of nitrogens with two attached hydrogens (primary N) is 1. The molecule has 0 aromatic carbocycles. The molecule has 1 heterocycles. The third-order valence-corrected chi connectivity index (χ3v) is 2.55. The molecule has 1 amide bonds. The lowest BCUT2D eigenvalue weighted by molar-refractivity contribution is -0.117. The Balaban J connectivity index is 2.61. The number of nitrogens with zero attached hydrogens (tertiary/aromatic N) is 1. The molecule has 0 fully saturated rings. The topological polar surface area (TPSA) is 68.0 Å². The zero-order chi connectivity index (χ0) is 12.8. The van der Waals surface area contributed by atoms with Gasteiger partial charge in [0.05, 0.1) is 6.04 Å². The van der Waals surface area contributed by atoms with Crippen molar-refractivity contribution in [1.82, 2.24) is 4.98 Å². The highest BCUT2D eigenvalue weighted by molar-refractivity contribution is 5.93. The monoisotopic (exact) mass is 235 g/mol. The molecule has 1 rings (SSSR count). The van der Waals surface area contributed by atoms with Gasteiger partial charge in [-0.1, -0.05) is 19.8 Å². The van der Waals surface area contributed by atoms with E-state index in [0.717, 1.165) is 24.1 Å². The highest BCUT2D eigenvalue weighted by atomic mass is 16.2. The molecule has 0 saturated heterocycles. The van der Waals surface area contributed by atoms with E-state index in [1.807, 2.05) is 26.0 Å². The minimum atomic E-state index is -0.447. The number of hydrogen-bond donors (Lipinski definition) is 2. The molecule has 4 heteroatoms. The molecule has 1 aromatic heterocycles. The van der Waals surface area contributed by atoms with Gasteiger partial charge in [0.15, 0.2) is 0 Å². The molecule has 1 aromatic rings. The Kier molecular flexibility index (Phi) is 5.10. The van der Waals surface area contributed by atoms with Gasteiger partial charge >= 0.3 is 0 Å². The Bertz CT molecular complexity index is 370. The van der Waals surface area contributed by atoms with E-state index in [4.69, 9.17) is 5.73 Å². The Morgan fingerprint density at radius 2 is 2.18 bits per heavy atom. The highest BCUT2D eigenvalue weighted by Crippen LogP contribution is 2.10. The van der Waals surface area contributed by atoms with E-state index in [0.29, 0.717) is 12.2 Å². The molecule has 4 nitrogen and oxygen atoms in total. The number of unbranched alkanes of at least 4 members (excludes halogenated alkanes) is 1. The largest absolute Gasteiger partial charge is 0.320 e. The number of carbonyl (C=O) groups excluding carboxylic acids is 1. The zero-order valence-electron chi connectivity index (χ0n) is 10.8. The number of aryl methyl sites for hydroxylation is 2. The van der Waals surface area contributed by atoms with Crippen LogP contribution in [0, 0.1) is 13.8 Å². The minimum Gasteiger partial charge on any atom is -0.320 e. The lowest BCUT2D eigenvalue weighted by Gasteiger charge is -2.12. The Morgan fingerprint density at radius 1 is 1.47 bits per heavy atom. The maximum atomic E-state index is 11.8. The molecule has 0 unspecified atom stereocenters. The van der Waals surface area contributed by atoms with Crippen molar-refractivity contribution in [3.63, 3.8) is 0 Å². The van der Waals surface area contributed by atoms with Gasteiger partial charge in [0.2, 0.25) is 5.91 Å². The number of hydrogen-bond acceptors (Lipinski definition) is 3. The number of nitrogens with one attached hydrogen (secondary N) is 1. The predicted molar refractivity (Wildman–Crippen MR) is 69.8 cm³/mol. The number of rotatable bonds is 5. The van der Waals surface area contributed by atoms with Crippen LogP contribution in [0.5, 0.6) is 0 Å². The number of aromatic nitrogens is 1. The van der Waals surface area contributed by atoms with Crippen LogP contribution in [-0.2, 0) is 4.79 Å². The van der Waals surface area contributed by atoms with Crippen molar-refractivity contribution >= 4 is 11.7 Å². The van der Waals surface area contributed by atoms with Gasteiger partial charge in [0, 0.05) is 5.69 Å². The summed E-state index contributed by atoms with van der Waals surface area (Å²) in [7, 11) is 0. The molecule has 0 saturated carbocycles. The summed E-state index contributed by atoms with van der Waals surface area (Å²) in [5.41, 5.74) is 7.76. The summed E-state index contributed by atoms with van der Waals surface area (Å²) >= 11 is 0. The first kappa shape index (κ1) is 13.6. The fourth-order valence-corrected chi connectivity index (χ4v) is 1.68. The van der Waals surface area contributed by atoms with E-state index < -0.39 is 6.04 Å². The number of carbonyl (C=O) groups is 1. The molecular weight excluding hydrogens is 214 g/mol. The lowest BCUT2D eigenvalue weighted by atomic mass is 10.1. The standard InChI is InChI=1S/C13H21N3O/c1-4-5-6-11(14)13(17)16-12-8-9(2)7-10(3)15-12/h7-8,11H,4-6,14H2,1-3H3,(H,15,16,17)/t11-/m0/s1. The highest BCUT2D eigenvalue weighted by Gasteiger charge is 2.13. The van der Waals surface area contributed by atoms with Gasteiger partial charge in [-0.3, -0.25) is 4.79 Å². The van der Waals surface area contributed by atoms with Gasteiger partial charge in [0.1, 0.15) is 5.82 Å². The average molecular weight is 235 g/mol. The second-order valence-corrected chi connectivity index (χ2v) is 4.41. The zero-order valence-corrected chi connectivity index (χ0v) is 10.8. The first-order valence-electron chi connectivity index (χ1n) is 6.04. The Labute approximate surface area is 103 Å². The first-order chi connectivity index (χ1) is 8.02. The second kappa shape index (κ2) is 6.35. The fourth-order valence-electron chi connectivity index (χ4n) is 1.68. The maximum Gasteiger partial charge on any atom is 0.242 e. The molecule has 0 radical (unpaired) electrons. The van der Waals surface area contributed by atoms with Gasteiger partial charge in [-0.05, 0) is 38.0 Å². The lowest BCUT2D eigenvalue weighted by Crippen LogP contribution is -2.35. The molecule has 0 aliphatic rings. The molecular formula is C13H21N3O. The number of pyridine rings is 1. The van der Waals surface area contributed by atoms with Crippen LogP contribution in [-0.4, -0.2) is 16.9 Å². The first-order valence-corrected chi connectivity index (χ1v) is 6.04. The van der Waals surface area contributed by atoms with Crippen LogP contribution in [0.1, 0.15) is 37.4 Å². The molecule has 0 bridgehead atoms. The summed E-state index contributed by atoms with van der Waals surface area (Å²) in [6.45, 7) is 5.96. The van der Waals surface area contributed by atoms with Crippen LogP contribution in [0.2, 0.25) is 0 Å². The number of anilines is 1. The quantitative estimate of drug-likeness (QED) is 0.821. The van der Waals surface area contributed by atoms with E-state index in [9.17, 15) is 4.79 Å². The molecule has 0 spiro atoms. The van der Waals surface area contributed by atoms with Crippen molar-refractivity contribution in [2.45, 2.75) is 46.1 Å². The normalized spacial score (nSPS) is 12.2. The van der Waals surface area contributed by atoms with Crippen LogP contribution < -0.4 is 11.1 Å². The summed E-state index contributed by atoms with van der Waals surface area (Å²) < 4.78 is 0. The number of amides is 1. The van der Waals surface area contributed by atoms with Crippen LogP contribution in [0.3, 0.4) is 0 Å². The van der Waals surface area contributed by atoms with Crippen LogP contribution in [0.25, 0.3) is 0 Å². The predicted octanol–water partition coefficient (Wildman–Crippen LogP) is 2.15. The Hall–Kier alpha value is -1.42. The van der Waals surface area contributed by atoms with Crippen molar-refractivity contribution in [1.29, 1.82) is 0 Å². The molecule has 3 N–H and O–H groups in total. The fraction of sp³-hybridized carbons (Fsp3) is 0.538. The van der Waals surface area contributed by atoms with Gasteiger partial charge in [0.25, 0.3) is 0 Å². The van der Waals surface area contributed by atoms with Crippen LogP contribution in [0.15, 0.2) is 12.1 Å². The third kappa shape index (κ3) is 4.53. The van der Waals surface area contributed by atoms with E-state index in [1.54, 1.807) is 0 Å². The summed E-state index contributed by atoms with van der Waals surface area (Å²) in [6.07, 6.45) is 2.73. The third-order valence-electron chi connectivity index (χ3n) is 2.55. The average Bonchev–Trinajstić information content (AvgIpc) is 2.24. The molecule has 1 atom stereocenters. The SMILES string of the molecule is CCCC[C@H](N)C(=O)Nc1cc(C)cc(C)n1. The van der Waals surface area contributed by atoms with Gasteiger partial charge in [-0.15, -0.1) is 0 Å². The van der Waals surface area contributed by atoms with Gasteiger partial charge in [-0.2, -0.15) is 0 Å². The smallest absolute Gasteiger partial charge is 0.242 e.